The molecule has 0 amide bonds. The largest absolute Gasteiger partial charge is 0.310 e. The van der Waals surface area contributed by atoms with Gasteiger partial charge in [0.2, 0.25) is 0 Å². The summed E-state index contributed by atoms with van der Waals surface area (Å²) in [7, 11) is 0. The van der Waals surface area contributed by atoms with E-state index in [-0.39, 0.29) is 0 Å². The molecule has 0 atom stereocenters. The Morgan fingerprint density at radius 3 is 1.62 bits per heavy atom. The number of para-hydroxylation sites is 2. The summed E-state index contributed by atoms with van der Waals surface area (Å²) < 4.78 is 2.44. The Morgan fingerprint density at radius 1 is 0.304 bits per heavy atom. The summed E-state index contributed by atoms with van der Waals surface area (Å²) >= 11 is 0. The quantitative estimate of drug-likeness (QED) is 0.156. The fourth-order valence-electron chi connectivity index (χ4n) is 8.72. The van der Waals surface area contributed by atoms with Crippen molar-refractivity contribution in [3.05, 3.63) is 218 Å². The second kappa shape index (κ2) is 13.2. The number of aromatic nitrogens is 1. The predicted octanol–water partition coefficient (Wildman–Crippen LogP) is 15.0. The number of fused-ring (bicyclic) bond motifs is 8. The molecule has 262 valence electrons. The van der Waals surface area contributed by atoms with Gasteiger partial charge in [0.15, 0.2) is 0 Å². The highest BCUT2D eigenvalue weighted by molar-refractivity contribution is 6.21. The van der Waals surface area contributed by atoms with Crippen molar-refractivity contribution >= 4 is 71.2 Å². The van der Waals surface area contributed by atoms with Crippen molar-refractivity contribution in [2.45, 2.75) is 0 Å². The molecule has 1 aromatic heterocycles. The Labute approximate surface area is 325 Å². The first-order valence-electron chi connectivity index (χ1n) is 19.3. The van der Waals surface area contributed by atoms with Crippen molar-refractivity contribution in [3.8, 4) is 27.9 Å². The number of anilines is 3. The third-order valence-corrected chi connectivity index (χ3v) is 11.4. The van der Waals surface area contributed by atoms with E-state index in [0.717, 1.165) is 22.7 Å². The molecular formula is C54H36N2. The Hall–Kier alpha value is -7.42. The maximum Gasteiger partial charge on any atom is 0.0547 e. The van der Waals surface area contributed by atoms with Crippen LogP contribution in [0, 0.1) is 0 Å². The average molecular weight is 713 g/mol. The van der Waals surface area contributed by atoms with Crippen LogP contribution in [0.25, 0.3) is 82.1 Å². The Balaban J connectivity index is 1.04. The smallest absolute Gasteiger partial charge is 0.0547 e. The van der Waals surface area contributed by atoms with E-state index in [0.29, 0.717) is 0 Å². The van der Waals surface area contributed by atoms with Crippen molar-refractivity contribution in [1.29, 1.82) is 0 Å². The lowest BCUT2D eigenvalue weighted by molar-refractivity contribution is 1.18. The maximum atomic E-state index is 2.44. The Bertz CT molecular complexity index is 3230. The van der Waals surface area contributed by atoms with Crippen LogP contribution in [0.4, 0.5) is 17.1 Å². The SMILES string of the molecule is c1ccc(-c2ccc(N(c3ccc(-c4ccccc4-n4c5ccccc5c5c6ccccc6ccc54)cc3)c3ccc4c(ccc5ccccc54)c3)cc2)cc1. The van der Waals surface area contributed by atoms with E-state index in [1.54, 1.807) is 0 Å². The van der Waals surface area contributed by atoms with Gasteiger partial charge in [-0.1, -0.05) is 164 Å². The van der Waals surface area contributed by atoms with Gasteiger partial charge >= 0.3 is 0 Å². The minimum Gasteiger partial charge on any atom is -0.310 e. The van der Waals surface area contributed by atoms with Gasteiger partial charge in [0.25, 0.3) is 0 Å². The van der Waals surface area contributed by atoms with Crippen molar-refractivity contribution < 1.29 is 0 Å². The molecule has 11 rings (SSSR count). The molecule has 1 heterocycles. The van der Waals surface area contributed by atoms with E-state index in [9.17, 15) is 0 Å². The first-order valence-corrected chi connectivity index (χ1v) is 19.3. The molecule has 0 aliphatic heterocycles. The van der Waals surface area contributed by atoms with Crippen LogP contribution in [-0.4, -0.2) is 4.57 Å². The number of rotatable bonds is 6. The van der Waals surface area contributed by atoms with E-state index >= 15 is 0 Å². The van der Waals surface area contributed by atoms with E-state index in [1.807, 2.05) is 0 Å². The number of hydrogen-bond acceptors (Lipinski definition) is 1. The highest BCUT2D eigenvalue weighted by atomic mass is 15.1. The molecule has 0 fully saturated rings. The summed E-state index contributed by atoms with van der Waals surface area (Å²) in [5, 5.41) is 10.1. The van der Waals surface area contributed by atoms with Crippen LogP contribution >= 0.6 is 0 Å². The van der Waals surface area contributed by atoms with Crippen LogP contribution in [0.3, 0.4) is 0 Å². The normalized spacial score (nSPS) is 11.6. The summed E-state index contributed by atoms with van der Waals surface area (Å²) in [6.07, 6.45) is 0. The monoisotopic (exact) mass is 712 g/mol. The average Bonchev–Trinajstić information content (AvgIpc) is 3.62. The second-order valence-electron chi connectivity index (χ2n) is 14.5. The van der Waals surface area contributed by atoms with Crippen LogP contribution in [0.2, 0.25) is 0 Å². The number of benzene rings is 10. The van der Waals surface area contributed by atoms with Gasteiger partial charge in [0, 0.05) is 33.4 Å². The van der Waals surface area contributed by atoms with Crippen molar-refractivity contribution in [1.82, 2.24) is 4.57 Å². The zero-order valence-electron chi connectivity index (χ0n) is 30.7. The molecule has 0 saturated heterocycles. The molecule has 0 unspecified atom stereocenters. The molecule has 0 spiro atoms. The molecular weight excluding hydrogens is 677 g/mol. The van der Waals surface area contributed by atoms with Crippen LogP contribution < -0.4 is 4.90 Å². The lowest BCUT2D eigenvalue weighted by Crippen LogP contribution is -2.10. The van der Waals surface area contributed by atoms with E-state index in [4.69, 9.17) is 0 Å². The molecule has 0 bridgehead atoms. The van der Waals surface area contributed by atoms with Crippen LogP contribution in [-0.2, 0) is 0 Å². The van der Waals surface area contributed by atoms with Crippen molar-refractivity contribution in [2.75, 3.05) is 4.90 Å². The molecule has 10 aromatic carbocycles. The van der Waals surface area contributed by atoms with Gasteiger partial charge < -0.3 is 9.47 Å². The van der Waals surface area contributed by atoms with Gasteiger partial charge in [-0.05, 0) is 104 Å². The zero-order valence-corrected chi connectivity index (χ0v) is 30.7. The highest BCUT2D eigenvalue weighted by Crippen LogP contribution is 2.42. The molecule has 0 aliphatic rings. The Kier molecular flexibility index (Phi) is 7.53. The molecule has 2 nitrogen and oxygen atoms in total. The highest BCUT2D eigenvalue weighted by Gasteiger charge is 2.19. The van der Waals surface area contributed by atoms with E-state index in [2.05, 4.69) is 228 Å². The lowest BCUT2D eigenvalue weighted by Gasteiger charge is -2.26. The summed E-state index contributed by atoms with van der Waals surface area (Å²) in [6.45, 7) is 0. The summed E-state index contributed by atoms with van der Waals surface area (Å²) in [6, 6.07) is 79.4. The van der Waals surface area contributed by atoms with Gasteiger partial charge in [-0.15, -0.1) is 0 Å². The van der Waals surface area contributed by atoms with E-state index in [1.165, 1.54) is 76.4 Å². The van der Waals surface area contributed by atoms with Gasteiger partial charge in [0.05, 0.1) is 16.7 Å². The molecule has 56 heavy (non-hydrogen) atoms. The molecule has 0 radical (unpaired) electrons. The van der Waals surface area contributed by atoms with Crippen molar-refractivity contribution in [3.63, 3.8) is 0 Å². The van der Waals surface area contributed by atoms with Gasteiger partial charge in [-0.2, -0.15) is 0 Å². The molecule has 0 aliphatic carbocycles. The number of nitrogens with zero attached hydrogens (tertiary/aromatic N) is 2. The lowest BCUT2D eigenvalue weighted by atomic mass is 10.00. The maximum absolute atomic E-state index is 2.44. The van der Waals surface area contributed by atoms with Gasteiger partial charge in [-0.25, -0.2) is 0 Å². The summed E-state index contributed by atoms with van der Waals surface area (Å²) in [4.78, 5) is 2.37. The zero-order chi connectivity index (χ0) is 37.0. The summed E-state index contributed by atoms with van der Waals surface area (Å²) in [5.41, 5.74) is 11.7. The van der Waals surface area contributed by atoms with Gasteiger partial charge in [-0.3, -0.25) is 0 Å². The molecule has 0 N–H and O–H groups in total. The van der Waals surface area contributed by atoms with Crippen molar-refractivity contribution in [2.24, 2.45) is 0 Å². The predicted molar refractivity (Wildman–Crippen MR) is 239 cm³/mol. The Morgan fingerprint density at radius 2 is 0.839 bits per heavy atom. The first-order chi connectivity index (χ1) is 27.8. The van der Waals surface area contributed by atoms with Crippen LogP contribution in [0.15, 0.2) is 218 Å². The molecule has 11 aromatic rings. The third-order valence-electron chi connectivity index (χ3n) is 11.4. The second-order valence-corrected chi connectivity index (χ2v) is 14.5. The third kappa shape index (κ3) is 5.26. The van der Waals surface area contributed by atoms with Gasteiger partial charge in [0.1, 0.15) is 0 Å². The first kappa shape index (κ1) is 32.0. The number of hydrogen-bond donors (Lipinski definition) is 0. The van der Waals surface area contributed by atoms with Crippen LogP contribution in [0.5, 0.6) is 0 Å². The fraction of sp³-hybridized carbons (Fsp3) is 0. The minimum absolute atomic E-state index is 1.10. The standard InChI is InChI=1S/C54H36N2/c1-2-12-37(13-3-1)38-24-29-43(30-25-38)55(45-33-34-47-42(36-45)23-22-39-14-4-6-16-46(39)47)44-31-26-41(27-32-44)48-17-8-10-20-51(48)56-52-21-11-9-19-50(52)54-49-18-7-5-15-40(49)28-35-53(54)56/h1-36H. The summed E-state index contributed by atoms with van der Waals surface area (Å²) in [5.74, 6) is 0. The minimum atomic E-state index is 1.10. The topological polar surface area (TPSA) is 8.17 Å². The van der Waals surface area contributed by atoms with E-state index < -0.39 is 0 Å². The van der Waals surface area contributed by atoms with Crippen LogP contribution in [0.1, 0.15) is 0 Å². The fourth-order valence-corrected chi connectivity index (χ4v) is 8.72. The molecule has 2 heteroatoms. The molecule has 0 saturated carbocycles.